The first-order valence-electron chi connectivity index (χ1n) is 3.92. The average molecular weight is 248 g/mol. The molecule has 0 unspecified atom stereocenters. The molecule has 2 aliphatic rings. The van der Waals surface area contributed by atoms with E-state index in [9.17, 15) is 0 Å². The largest absolute Gasteiger partial charge is 0.125 e. The zero-order valence-electron chi connectivity index (χ0n) is 6.93. The second-order valence-corrected chi connectivity index (χ2v) is 7.39. The van der Waals surface area contributed by atoms with Crippen LogP contribution in [0, 0.1) is 10.8 Å². The molecule has 0 N–H and O–H groups in total. The van der Waals surface area contributed by atoms with Crippen LogP contribution in [0.3, 0.4) is 0 Å². The van der Waals surface area contributed by atoms with Crippen LogP contribution in [-0.2, 0) is 0 Å². The minimum Gasteiger partial charge on any atom is -0.101 e. The van der Waals surface area contributed by atoms with E-state index in [1.807, 2.05) is 0 Å². The molecule has 2 atom stereocenters. The first-order valence-corrected chi connectivity index (χ1v) is 5.43. The predicted octanol–water partition coefficient (Wildman–Crippen LogP) is 4.15. The Bertz CT molecular complexity index is 221. The smallest absolute Gasteiger partial charge is 0.101 e. The molecule has 0 aromatic carbocycles. The van der Waals surface area contributed by atoms with E-state index in [0.717, 1.165) is 12.8 Å². The van der Waals surface area contributed by atoms with Crippen molar-refractivity contribution in [2.24, 2.45) is 10.8 Å². The highest BCUT2D eigenvalue weighted by Gasteiger charge is 2.82. The van der Waals surface area contributed by atoms with Crippen LogP contribution in [0.1, 0.15) is 26.7 Å². The van der Waals surface area contributed by atoms with Gasteiger partial charge in [-0.3, -0.25) is 0 Å². The molecule has 0 aromatic rings. The van der Waals surface area contributed by atoms with Gasteiger partial charge in [-0.05, 0) is 12.8 Å². The molecule has 4 heteroatoms. The van der Waals surface area contributed by atoms with Gasteiger partial charge >= 0.3 is 0 Å². The lowest BCUT2D eigenvalue weighted by Gasteiger charge is -2.22. The minimum atomic E-state index is -0.618. The third-order valence-corrected chi connectivity index (χ3v) is 5.94. The summed E-state index contributed by atoms with van der Waals surface area (Å²) in [4.78, 5) is 0. The molecular weight excluding hydrogens is 238 g/mol. The van der Waals surface area contributed by atoms with Crippen LogP contribution in [0.5, 0.6) is 0 Å². The van der Waals surface area contributed by atoms with Crippen molar-refractivity contribution in [2.75, 3.05) is 0 Å². The number of alkyl halides is 4. The second-order valence-electron chi connectivity index (χ2n) is 4.43. The average Bonchev–Trinajstić information content (AvgIpc) is 2.49. The Balaban J connectivity index is 2.25. The quantitative estimate of drug-likeness (QED) is 0.611. The van der Waals surface area contributed by atoms with Gasteiger partial charge in [0.05, 0.1) is 0 Å². The fourth-order valence-corrected chi connectivity index (χ4v) is 3.90. The number of hydrogen-bond donors (Lipinski definition) is 0. The van der Waals surface area contributed by atoms with Gasteiger partial charge in [-0.2, -0.15) is 0 Å². The van der Waals surface area contributed by atoms with Gasteiger partial charge in [0.1, 0.15) is 8.67 Å². The molecule has 2 rings (SSSR count). The van der Waals surface area contributed by atoms with Crippen LogP contribution >= 0.6 is 46.4 Å². The summed E-state index contributed by atoms with van der Waals surface area (Å²) in [7, 11) is 0. The molecule has 0 aromatic heterocycles. The van der Waals surface area contributed by atoms with E-state index in [1.54, 1.807) is 0 Å². The molecule has 0 radical (unpaired) electrons. The summed E-state index contributed by atoms with van der Waals surface area (Å²) >= 11 is 24.2. The highest BCUT2D eigenvalue weighted by Crippen LogP contribution is 2.84. The first-order chi connectivity index (χ1) is 5.16. The Morgan fingerprint density at radius 1 is 0.750 bits per heavy atom. The predicted molar refractivity (Wildman–Crippen MR) is 54.3 cm³/mol. The van der Waals surface area contributed by atoms with Gasteiger partial charge < -0.3 is 0 Å². The Hall–Kier alpha value is 1.16. The van der Waals surface area contributed by atoms with E-state index in [-0.39, 0.29) is 10.8 Å². The summed E-state index contributed by atoms with van der Waals surface area (Å²) in [6.45, 7) is 4.11. The van der Waals surface area contributed by atoms with E-state index in [4.69, 9.17) is 46.4 Å². The Kier molecular flexibility index (Phi) is 1.66. The van der Waals surface area contributed by atoms with Gasteiger partial charge in [0.15, 0.2) is 0 Å². The fourth-order valence-electron chi connectivity index (χ4n) is 2.00. The molecule has 0 bridgehead atoms. The standard InChI is InChI=1S/C8H10Cl4/c1-5(3-7(5,9)10)6(2)4-8(6,11)12/h3-4H2,1-2H3/t5-,6+. The molecule has 0 spiro atoms. The summed E-state index contributed by atoms with van der Waals surface area (Å²) < 4.78 is -1.24. The van der Waals surface area contributed by atoms with Gasteiger partial charge in [0.2, 0.25) is 0 Å². The number of rotatable bonds is 1. The zero-order chi connectivity index (χ0) is 9.41. The molecule has 2 aliphatic carbocycles. The molecule has 2 fully saturated rings. The van der Waals surface area contributed by atoms with Gasteiger partial charge in [0, 0.05) is 10.8 Å². The Labute approximate surface area is 92.5 Å². The van der Waals surface area contributed by atoms with Crippen LogP contribution in [0.25, 0.3) is 0 Å². The maximum atomic E-state index is 6.05. The van der Waals surface area contributed by atoms with Crippen LogP contribution in [0.4, 0.5) is 0 Å². The van der Waals surface area contributed by atoms with Crippen molar-refractivity contribution in [1.82, 2.24) is 0 Å². The number of hydrogen-bond acceptors (Lipinski definition) is 0. The van der Waals surface area contributed by atoms with Gasteiger partial charge in [-0.25, -0.2) is 0 Å². The molecule has 2 saturated carbocycles. The lowest BCUT2D eigenvalue weighted by atomic mass is 9.89. The maximum Gasteiger partial charge on any atom is 0.125 e. The molecule has 12 heavy (non-hydrogen) atoms. The van der Waals surface area contributed by atoms with E-state index in [0.29, 0.717) is 0 Å². The van der Waals surface area contributed by atoms with Crippen LogP contribution in [0.15, 0.2) is 0 Å². The lowest BCUT2D eigenvalue weighted by molar-refractivity contribution is 0.330. The van der Waals surface area contributed by atoms with Crippen molar-refractivity contribution in [2.45, 2.75) is 35.4 Å². The second kappa shape index (κ2) is 2.05. The third kappa shape index (κ3) is 0.881. The summed E-state index contributed by atoms with van der Waals surface area (Å²) in [5.74, 6) is 0. The van der Waals surface area contributed by atoms with Crippen molar-refractivity contribution >= 4 is 46.4 Å². The monoisotopic (exact) mass is 246 g/mol. The topological polar surface area (TPSA) is 0 Å². The third-order valence-electron chi connectivity index (χ3n) is 3.73. The Morgan fingerprint density at radius 2 is 0.917 bits per heavy atom. The summed E-state index contributed by atoms with van der Waals surface area (Å²) in [5, 5.41) is 0. The van der Waals surface area contributed by atoms with E-state index < -0.39 is 8.67 Å². The number of halogens is 4. The van der Waals surface area contributed by atoms with E-state index in [1.165, 1.54) is 0 Å². The molecule has 0 nitrogen and oxygen atoms in total. The van der Waals surface area contributed by atoms with Gasteiger partial charge in [-0.1, -0.05) is 13.8 Å². The maximum absolute atomic E-state index is 6.05. The van der Waals surface area contributed by atoms with Gasteiger partial charge in [-0.15, -0.1) is 46.4 Å². The van der Waals surface area contributed by atoms with Crippen molar-refractivity contribution < 1.29 is 0 Å². The summed E-state index contributed by atoms with van der Waals surface area (Å²) in [6.07, 6.45) is 1.58. The Morgan fingerprint density at radius 3 is 1.00 bits per heavy atom. The van der Waals surface area contributed by atoms with Crippen LogP contribution in [0.2, 0.25) is 0 Å². The molecule has 0 amide bonds. The summed E-state index contributed by atoms with van der Waals surface area (Å²) in [5.41, 5.74) is -0.209. The minimum absolute atomic E-state index is 0.105. The zero-order valence-corrected chi connectivity index (χ0v) is 9.95. The molecule has 70 valence electrons. The highest BCUT2D eigenvalue weighted by atomic mass is 35.5. The van der Waals surface area contributed by atoms with E-state index in [2.05, 4.69) is 13.8 Å². The molecule has 0 heterocycles. The van der Waals surface area contributed by atoms with Crippen molar-refractivity contribution in [3.8, 4) is 0 Å². The fraction of sp³-hybridized carbons (Fsp3) is 1.00. The van der Waals surface area contributed by atoms with Crippen molar-refractivity contribution in [3.05, 3.63) is 0 Å². The van der Waals surface area contributed by atoms with Crippen molar-refractivity contribution in [3.63, 3.8) is 0 Å². The van der Waals surface area contributed by atoms with Crippen LogP contribution in [-0.4, -0.2) is 8.67 Å². The highest BCUT2D eigenvalue weighted by molar-refractivity contribution is 6.54. The summed E-state index contributed by atoms with van der Waals surface area (Å²) in [6, 6.07) is 0. The molecule has 0 aliphatic heterocycles. The SMILES string of the molecule is C[C@]1([C@]2(C)CC2(Cl)Cl)CC1(Cl)Cl. The normalized spacial score (nSPS) is 53.5. The van der Waals surface area contributed by atoms with E-state index >= 15 is 0 Å². The van der Waals surface area contributed by atoms with Gasteiger partial charge in [0.25, 0.3) is 0 Å². The first kappa shape index (κ1) is 9.71. The molecule has 0 saturated heterocycles. The van der Waals surface area contributed by atoms with Crippen LogP contribution < -0.4 is 0 Å². The van der Waals surface area contributed by atoms with Crippen molar-refractivity contribution in [1.29, 1.82) is 0 Å². The molecular formula is C8H10Cl4. The lowest BCUT2D eigenvalue weighted by Crippen LogP contribution is -2.22.